The number of aryl methyl sites for hydroxylation is 1. The third-order valence-corrected chi connectivity index (χ3v) is 6.68. The number of methoxy groups -OCH3 is 1. The number of likely N-dealkylation sites (tertiary alicyclic amines) is 1. The van der Waals surface area contributed by atoms with Crippen LogP contribution in [0.3, 0.4) is 0 Å². The first kappa shape index (κ1) is 21.0. The highest BCUT2D eigenvalue weighted by Gasteiger charge is 2.21. The molecule has 2 N–H and O–H groups in total. The van der Waals surface area contributed by atoms with Crippen molar-refractivity contribution in [2.24, 2.45) is 5.92 Å². The molecule has 1 aromatic carbocycles. The number of carbonyl (C=O) groups is 1. The van der Waals surface area contributed by atoms with Crippen LogP contribution < -0.4 is 10.5 Å². The summed E-state index contributed by atoms with van der Waals surface area (Å²) in [6, 6.07) is 5.62. The van der Waals surface area contributed by atoms with Gasteiger partial charge >= 0.3 is 0 Å². The Morgan fingerprint density at radius 1 is 1.35 bits per heavy atom. The number of ether oxygens (including phenoxy) is 1. The highest BCUT2D eigenvalue weighted by Crippen LogP contribution is 2.35. The number of carbonyl (C=O) groups excluding carboxylic acids is 1. The molecular weight excluding hydrogens is 412 g/mol. The lowest BCUT2D eigenvalue weighted by Gasteiger charge is -2.29. The normalized spacial score (nSPS) is 14.5. The van der Waals surface area contributed by atoms with Gasteiger partial charge in [0.05, 0.1) is 7.11 Å². The standard InChI is InChI=1S/C22H24N6O2S/c1-3-16-4-5-17(30-2)12-18(16)31-22-26-19-20(23)24-13-25-21(19)28(22)11-8-15-6-9-27(14-29)10-7-15/h1,4-5,12-15H,6-11H2,2H3,(H2,23,24,25). The summed E-state index contributed by atoms with van der Waals surface area (Å²) >= 11 is 1.47. The van der Waals surface area contributed by atoms with Crippen molar-refractivity contribution < 1.29 is 9.53 Å². The zero-order valence-electron chi connectivity index (χ0n) is 17.3. The Bertz CT molecular complexity index is 1130. The molecule has 0 saturated carbocycles. The molecule has 1 fully saturated rings. The third-order valence-electron chi connectivity index (χ3n) is 5.63. The van der Waals surface area contributed by atoms with E-state index in [1.807, 2.05) is 23.1 Å². The van der Waals surface area contributed by atoms with Crippen LogP contribution in [-0.2, 0) is 11.3 Å². The maximum Gasteiger partial charge on any atom is 0.209 e. The van der Waals surface area contributed by atoms with Crippen LogP contribution in [0.1, 0.15) is 24.8 Å². The molecule has 0 radical (unpaired) electrons. The Morgan fingerprint density at radius 2 is 2.16 bits per heavy atom. The molecule has 160 valence electrons. The predicted octanol–water partition coefficient (Wildman–Crippen LogP) is 2.81. The van der Waals surface area contributed by atoms with E-state index in [1.165, 1.54) is 18.1 Å². The fourth-order valence-electron chi connectivity index (χ4n) is 3.80. The van der Waals surface area contributed by atoms with Crippen LogP contribution in [0.5, 0.6) is 5.75 Å². The van der Waals surface area contributed by atoms with Gasteiger partial charge in [0.15, 0.2) is 22.1 Å². The van der Waals surface area contributed by atoms with Crippen LogP contribution in [0.25, 0.3) is 11.2 Å². The van der Waals surface area contributed by atoms with E-state index in [4.69, 9.17) is 21.9 Å². The second kappa shape index (κ2) is 9.27. The highest BCUT2D eigenvalue weighted by molar-refractivity contribution is 7.99. The van der Waals surface area contributed by atoms with Gasteiger partial charge in [0.1, 0.15) is 12.1 Å². The Kier molecular flexibility index (Phi) is 6.28. The molecule has 2 aromatic heterocycles. The molecule has 9 heteroatoms. The minimum atomic E-state index is 0.354. The zero-order valence-corrected chi connectivity index (χ0v) is 18.1. The monoisotopic (exact) mass is 436 g/mol. The largest absolute Gasteiger partial charge is 0.497 e. The number of imidazole rings is 1. The van der Waals surface area contributed by atoms with Gasteiger partial charge in [-0.25, -0.2) is 15.0 Å². The van der Waals surface area contributed by atoms with Crippen molar-refractivity contribution in [1.82, 2.24) is 24.4 Å². The van der Waals surface area contributed by atoms with Gasteiger partial charge in [0.2, 0.25) is 6.41 Å². The lowest BCUT2D eigenvalue weighted by Crippen LogP contribution is -2.32. The van der Waals surface area contributed by atoms with Crippen molar-refractivity contribution in [3.63, 3.8) is 0 Å². The fourth-order valence-corrected chi connectivity index (χ4v) is 4.84. The van der Waals surface area contributed by atoms with Crippen molar-refractivity contribution in [1.29, 1.82) is 0 Å². The topological polar surface area (TPSA) is 99.2 Å². The molecule has 0 atom stereocenters. The second-order valence-corrected chi connectivity index (χ2v) is 8.47. The van der Waals surface area contributed by atoms with E-state index < -0.39 is 0 Å². The summed E-state index contributed by atoms with van der Waals surface area (Å²) in [5.41, 5.74) is 8.15. The molecule has 31 heavy (non-hydrogen) atoms. The van der Waals surface area contributed by atoms with Crippen LogP contribution in [-0.4, -0.2) is 51.0 Å². The highest BCUT2D eigenvalue weighted by atomic mass is 32.2. The average Bonchev–Trinajstić information content (AvgIpc) is 3.16. The number of nitrogens with two attached hydrogens (primary N) is 1. The smallest absolute Gasteiger partial charge is 0.209 e. The van der Waals surface area contributed by atoms with Crippen LogP contribution in [0, 0.1) is 18.3 Å². The minimum Gasteiger partial charge on any atom is -0.497 e. The van der Waals surface area contributed by atoms with Crippen LogP contribution >= 0.6 is 11.8 Å². The van der Waals surface area contributed by atoms with Gasteiger partial charge in [0, 0.05) is 30.1 Å². The first-order chi connectivity index (χ1) is 15.1. The SMILES string of the molecule is C#Cc1ccc(OC)cc1Sc1nc2c(N)ncnc2n1CCC1CCN(C=O)CC1. The quantitative estimate of drug-likeness (QED) is 0.449. The number of nitrogens with zero attached hydrogens (tertiary/aromatic N) is 5. The minimum absolute atomic E-state index is 0.354. The number of piperidine rings is 1. The van der Waals surface area contributed by atoms with Crippen molar-refractivity contribution >= 4 is 35.2 Å². The van der Waals surface area contributed by atoms with E-state index in [9.17, 15) is 4.79 Å². The molecule has 0 aliphatic carbocycles. The number of anilines is 1. The molecule has 8 nitrogen and oxygen atoms in total. The van der Waals surface area contributed by atoms with Gasteiger partial charge < -0.3 is 19.9 Å². The van der Waals surface area contributed by atoms with Gasteiger partial charge in [-0.2, -0.15) is 0 Å². The molecule has 1 aliphatic rings. The number of aromatic nitrogens is 4. The number of rotatable bonds is 7. The third kappa shape index (κ3) is 4.44. The van der Waals surface area contributed by atoms with Gasteiger partial charge in [-0.15, -0.1) is 6.42 Å². The summed E-state index contributed by atoms with van der Waals surface area (Å²) in [6.07, 6.45) is 11.1. The average molecular weight is 437 g/mol. The second-order valence-electron chi connectivity index (χ2n) is 7.46. The number of fused-ring (bicyclic) bond motifs is 1. The molecule has 3 aromatic rings. The number of benzene rings is 1. The van der Waals surface area contributed by atoms with Crippen molar-refractivity contribution in [2.75, 3.05) is 25.9 Å². The van der Waals surface area contributed by atoms with E-state index in [0.717, 1.165) is 66.7 Å². The Morgan fingerprint density at radius 3 is 2.87 bits per heavy atom. The Balaban J connectivity index is 1.64. The number of hydrogen-bond donors (Lipinski definition) is 1. The van der Waals surface area contributed by atoms with Crippen LogP contribution in [0.15, 0.2) is 34.6 Å². The number of amides is 1. The first-order valence-corrected chi connectivity index (χ1v) is 10.9. The Hall–Kier alpha value is -3.25. The van der Waals surface area contributed by atoms with Gasteiger partial charge in [-0.3, -0.25) is 4.79 Å². The summed E-state index contributed by atoms with van der Waals surface area (Å²) in [7, 11) is 1.63. The molecule has 0 spiro atoms. The van der Waals surface area contributed by atoms with E-state index in [0.29, 0.717) is 22.9 Å². The zero-order chi connectivity index (χ0) is 21.8. The van der Waals surface area contributed by atoms with Crippen molar-refractivity contribution in [3.8, 4) is 18.1 Å². The molecule has 0 bridgehead atoms. The summed E-state index contributed by atoms with van der Waals surface area (Å²) in [5, 5.41) is 0.761. The van der Waals surface area contributed by atoms with E-state index in [2.05, 4.69) is 20.5 Å². The summed E-state index contributed by atoms with van der Waals surface area (Å²) < 4.78 is 7.45. The molecule has 3 heterocycles. The molecule has 1 amide bonds. The predicted molar refractivity (Wildman–Crippen MR) is 120 cm³/mol. The van der Waals surface area contributed by atoms with E-state index >= 15 is 0 Å². The number of terminal acetylenes is 1. The van der Waals surface area contributed by atoms with Crippen LogP contribution in [0.4, 0.5) is 5.82 Å². The number of hydrogen-bond acceptors (Lipinski definition) is 7. The molecule has 1 aliphatic heterocycles. The number of nitrogen functional groups attached to an aromatic ring is 1. The molecule has 0 unspecified atom stereocenters. The summed E-state index contributed by atoms with van der Waals surface area (Å²) in [5.74, 6) is 4.35. The maximum absolute atomic E-state index is 11.0. The molecule has 1 saturated heterocycles. The van der Waals surface area contributed by atoms with Gasteiger partial charge in [-0.05, 0) is 43.4 Å². The maximum atomic E-state index is 11.0. The van der Waals surface area contributed by atoms with Gasteiger partial charge in [-0.1, -0.05) is 17.7 Å². The Labute approximate surface area is 185 Å². The van der Waals surface area contributed by atoms with Gasteiger partial charge in [0.25, 0.3) is 0 Å². The summed E-state index contributed by atoms with van der Waals surface area (Å²) in [4.78, 5) is 27.0. The summed E-state index contributed by atoms with van der Waals surface area (Å²) in [6.45, 7) is 2.37. The lowest BCUT2D eigenvalue weighted by atomic mass is 9.94. The first-order valence-electron chi connectivity index (χ1n) is 10.1. The van der Waals surface area contributed by atoms with Crippen LogP contribution in [0.2, 0.25) is 0 Å². The van der Waals surface area contributed by atoms with Crippen molar-refractivity contribution in [2.45, 2.75) is 35.9 Å². The van der Waals surface area contributed by atoms with Crippen molar-refractivity contribution in [3.05, 3.63) is 30.1 Å². The molecule has 4 rings (SSSR count). The lowest BCUT2D eigenvalue weighted by molar-refractivity contribution is -0.119. The molecular formula is C22H24N6O2S. The van der Waals surface area contributed by atoms with E-state index in [1.54, 1.807) is 7.11 Å². The fraction of sp³-hybridized carbons (Fsp3) is 0.364. The van der Waals surface area contributed by atoms with E-state index in [-0.39, 0.29) is 0 Å².